The predicted molar refractivity (Wildman–Crippen MR) is 69.1 cm³/mol. The highest BCUT2D eigenvalue weighted by atomic mass is 32.2. The summed E-state index contributed by atoms with van der Waals surface area (Å²) in [5.41, 5.74) is 1.03. The minimum Gasteiger partial charge on any atom is -0.209 e. The fourth-order valence-corrected chi connectivity index (χ4v) is 3.18. The molecule has 0 fully saturated rings. The molecule has 0 spiro atoms. The highest BCUT2D eigenvalue weighted by molar-refractivity contribution is 7.97. The van der Waals surface area contributed by atoms with E-state index in [0.717, 1.165) is 11.3 Å². The largest absolute Gasteiger partial charge is 0.240 e. The summed E-state index contributed by atoms with van der Waals surface area (Å²) in [5.74, 6) is 0.824. The number of benzene rings is 1. The van der Waals surface area contributed by atoms with Crippen molar-refractivity contribution in [2.45, 2.75) is 30.5 Å². The van der Waals surface area contributed by atoms with Gasteiger partial charge >= 0.3 is 0 Å². The zero-order chi connectivity index (χ0) is 12.2. The Hall–Kier alpha value is -0.520. The van der Waals surface area contributed by atoms with Crippen molar-refractivity contribution in [1.29, 1.82) is 0 Å². The van der Waals surface area contributed by atoms with E-state index in [-0.39, 0.29) is 6.04 Å². The van der Waals surface area contributed by atoms with Crippen molar-refractivity contribution in [2.75, 3.05) is 6.26 Å². The van der Waals surface area contributed by atoms with Gasteiger partial charge in [0.05, 0.1) is 4.90 Å². The van der Waals surface area contributed by atoms with E-state index < -0.39 is 10.0 Å². The summed E-state index contributed by atoms with van der Waals surface area (Å²) in [6.07, 6.45) is 1.99. The molecule has 1 N–H and O–H groups in total. The molecule has 0 saturated carbocycles. The maximum absolute atomic E-state index is 11.9. The molecule has 90 valence electrons. The van der Waals surface area contributed by atoms with Gasteiger partial charge in [-0.25, -0.2) is 13.1 Å². The SMILES string of the molecule is CSCc1cccc(S(=O)(=O)NC(C)C)c1. The van der Waals surface area contributed by atoms with Crippen LogP contribution in [-0.4, -0.2) is 20.7 Å². The average molecular weight is 259 g/mol. The van der Waals surface area contributed by atoms with Crippen LogP contribution in [0.5, 0.6) is 0 Å². The Kier molecular flexibility index (Phi) is 4.83. The smallest absolute Gasteiger partial charge is 0.209 e. The summed E-state index contributed by atoms with van der Waals surface area (Å²) >= 11 is 1.67. The van der Waals surface area contributed by atoms with Crippen molar-refractivity contribution >= 4 is 21.8 Å². The van der Waals surface area contributed by atoms with Crippen molar-refractivity contribution in [2.24, 2.45) is 0 Å². The van der Waals surface area contributed by atoms with Crippen LogP contribution in [0.3, 0.4) is 0 Å². The van der Waals surface area contributed by atoms with Gasteiger partial charge in [-0.3, -0.25) is 0 Å². The lowest BCUT2D eigenvalue weighted by atomic mass is 10.2. The first-order valence-electron chi connectivity index (χ1n) is 5.06. The van der Waals surface area contributed by atoms with Crippen molar-refractivity contribution in [1.82, 2.24) is 4.72 Å². The van der Waals surface area contributed by atoms with Crippen molar-refractivity contribution in [3.63, 3.8) is 0 Å². The molecule has 16 heavy (non-hydrogen) atoms. The first kappa shape index (κ1) is 13.5. The molecule has 0 radical (unpaired) electrons. The highest BCUT2D eigenvalue weighted by Gasteiger charge is 2.15. The molecule has 0 aliphatic carbocycles. The van der Waals surface area contributed by atoms with Gasteiger partial charge in [0.15, 0.2) is 0 Å². The molecule has 0 unspecified atom stereocenters. The van der Waals surface area contributed by atoms with E-state index in [9.17, 15) is 8.42 Å². The zero-order valence-electron chi connectivity index (χ0n) is 9.73. The van der Waals surface area contributed by atoms with Gasteiger partial charge in [0.1, 0.15) is 0 Å². The van der Waals surface area contributed by atoms with Crippen LogP contribution in [0.4, 0.5) is 0 Å². The van der Waals surface area contributed by atoms with E-state index in [2.05, 4.69) is 4.72 Å². The third-order valence-corrected chi connectivity index (χ3v) is 4.19. The predicted octanol–water partition coefficient (Wildman–Crippen LogP) is 2.24. The van der Waals surface area contributed by atoms with Crippen LogP contribution in [0.15, 0.2) is 29.2 Å². The zero-order valence-corrected chi connectivity index (χ0v) is 11.4. The van der Waals surface area contributed by atoms with E-state index in [0.29, 0.717) is 4.90 Å². The summed E-state index contributed by atoms with van der Waals surface area (Å²) in [6.45, 7) is 3.62. The average Bonchev–Trinajstić information content (AvgIpc) is 2.16. The minimum atomic E-state index is -3.36. The molecule has 0 aliphatic rings. The second kappa shape index (κ2) is 5.70. The molecule has 1 aromatic rings. The molecule has 0 saturated heterocycles. The van der Waals surface area contributed by atoms with Crippen molar-refractivity contribution in [3.05, 3.63) is 29.8 Å². The van der Waals surface area contributed by atoms with Gasteiger partial charge in [0.2, 0.25) is 10.0 Å². The van der Waals surface area contributed by atoms with E-state index in [4.69, 9.17) is 0 Å². The van der Waals surface area contributed by atoms with Crippen LogP contribution >= 0.6 is 11.8 Å². The van der Waals surface area contributed by atoms with Gasteiger partial charge < -0.3 is 0 Å². The number of hydrogen-bond donors (Lipinski definition) is 1. The van der Waals surface area contributed by atoms with Gasteiger partial charge in [-0.15, -0.1) is 0 Å². The topological polar surface area (TPSA) is 46.2 Å². The van der Waals surface area contributed by atoms with Crippen LogP contribution in [0.2, 0.25) is 0 Å². The number of nitrogens with one attached hydrogen (secondary N) is 1. The molecule has 0 aliphatic heterocycles. The van der Waals surface area contributed by atoms with Crippen LogP contribution in [0, 0.1) is 0 Å². The Morgan fingerprint density at radius 3 is 2.62 bits per heavy atom. The molecular weight excluding hydrogens is 242 g/mol. The molecule has 1 aromatic carbocycles. The van der Waals surface area contributed by atoms with Gasteiger partial charge in [-0.2, -0.15) is 11.8 Å². The molecule has 0 heterocycles. The Bertz CT molecular complexity index is 441. The summed E-state index contributed by atoms with van der Waals surface area (Å²) in [6, 6.07) is 6.97. The van der Waals surface area contributed by atoms with Crippen LogP contribution in [0.1, 0.15) is 19.4 Å². The molecule has 3 nitrogen and oxygen atoms in total. The molecular formula is C11H17NO2S2. The van der Waals surface area contributed by atoms with Crippen molar-refractivity contribution < 1.29 is 8.42 Å². The third-order valence-electron chi connectivity index (χ3n) is 1.91. The van der Waals surface area contributed by atoms with Crippen LogP contribution < -0.4 is 4.72 Å². The Morgan fingerprint density at radius 1 is 1.38 bits per heavy atom. The first-order valence-corrected chi connectivity index (χ1v) is 7.93. The first-order chi connectivity index (χ1) is 7.45. The molecule has 0 aromatic heterocycles. The van der Waals surface area contributed by atoms with Gasteiger partial charge in [0, 0.05) is 11.8 Å². The summed E-state index contributed by atoms with van der Waals surface area (Å²) in [4.78, 5) is 0.341. The summed E-state index contributed by atoms with van der Waals surface area (Å²) in [5, 5.41) is 0. The minimum absolute atomic E-state index is 0.0887. The lowest BCUT2D eigenvalue weighted by Gasteiger charge is -2.10. The van der Waals surface area contributed by atoms with Gasteiger partial charge in [-0.1, -0.05) is 12.1 Å². The quantitative estimate of drug-likeness (QED) is 0.882. The second-order valence-corrected chi connectivity index (χ2v) is 6.44. The van der Waals surface area contributed by atoms with Gasteiger partial charge in [-0.05, 0) is 37.8 Å². The van der Waals surface area contributed by atoms with E-state index >= 15 is 0 Å². The van der Waals surface area contributed by atoms with E-state index in [1.165, 1.54) is 0 Å². The molecule has 0 bridgehead atoms. The fraction of sp³-hybridized carbons (Fsp3) is 0.455. The lowest BCUT2D eigenvalue weighted by Crippen LogP contribution is -2.30. The maximum atomic E-state index is 11.9. The van der Waals surface area contributed by atoms with E-state index in [1.807, 2.05) is 26.2 Å². The summed E-state index contributed by atoms with van der Waals surface area (Å²) in [7, 11) is -3.36. The normalized spacial score (nSPS) is 12.0. The number of thioether (sulfide) groups is 1. The van der Waals surface area contributed by atoms with Gasteiger partial charge in [0.25, 0.3) is 0 Å². The standard InChI is InChI=1S/C11H17NO2S2/c1-9(2)12-16(13,14)11-6-4-5-10(7-11)8-15-3/h4-7,9,12H,8H2,1-3H3. The summed E-state index contributed by atoms with van der Waals surface area (Å²) < 4.78 is 26.3. The Balaban J connectivity index is 2.99. The number of sulfonamides is 1. The highest BCUT2D eigenvalue weighted by Crippen LogP contribution is 2.15. The monoisotopic (exact) mass is 259 g/mol. The Morgan fingerprint density at radius 2 is 2.06 bits per heavy atom. The molecule has 0 amide bonds. The molecule has 5 heteroatoms. The molecule has 0 atom stereocenters. The fourth-order valence-electron chi connectivity index (χ4n) is 1.35. The number of hydrogen-bond acceptors (Lipinski definition) is 3. The van der Waals surface area contributed by atoms with Crippen LogP contribution in [-0.2, 0) is 15.8 Å². The van der Waals surface area contributed by atoms with Crippen molar-refractivity contribution in [3.8, 4) is 0 Å². The van der Waals surface area contributed by atoms with E-state index in [1.54, 1.807) is 30.0 Å². The molecule has 1 rings (SSSR count). The lowest BCUT2D eigenvalue weighted by molar-refractivity contribution is 0.570. The third kappa shape index (κ3) is 3.81. The van der Waals surface area contributed by atoms with Crippen LogP contribution in [0.25, 0.3) is 0 Å². The number of rotatable bonds is 5. The Labute approximate surface area is 102 Å². The maximum Gasteiger partial charge on any atom is 0.240 e. The second-order valence-electron chi connectivity index (χ2n) is 3.86.